The SMILES string of the molecule is COC(C)(OC)O[SiH2]C1C=CC=CC1(C)CS. The lowest BCUT2D eigenvalue weighted by molar-refractivity contribution is -0.311. The van der Waals surface area contributed by atoms with Crippen molar-refractivity contribution in [3.05, 3.63) is 24.3 Å². The second-order valence-corrected chi connectivity index (χ2v) is 6.41. The lowest BCUT2D eigenvalue weighted by Crippen LogP contribution is -2.38. The summed E-state index contributed by atoms with van der Waals surface area (Å²) in [6.45, 7) is 4.00. The number of thiol groups is 1. The van der Waals surface area contributed by atoms with E-state index in [9.17, 15) is 0 Å². The minimum absolute atomic E-state index is 0.0759. The molecule has 0 aromatic carbocycles. The third-order valence-corrected chi connectivity index (χ3v) is 6.32. The molecule has 0 radical (unpaired) electrons. The highest BCUT2D eigenvalue weighted by molar-refractivity contribution is 7.80. The zero-order chi connectivity index (χ0) is 12.9. The molecule has 2 unspecified atom stereocenters. The van der Waals surface area contributed by atoms with E-state index in [1.807, 2.05) is 0 Å². The van der Waals surface area contributed by atoms with Crippen LogP contribution in [0.3, 0.4) is 0 Å². The molecule has 0 aromatic rings. The van der Waals surface area contributed by atoms with Gasteiger partial charge in [0.25, 0.3) is 5.97 Å². The summed E-state index contributed by atoms with van der Waals surface area (Å²) < 4.78 is 16.3. The van der Waals surface area contributed by atoms with E-state index in [1.165, 1.54) is 0 Å². The van der Waals surface area contributed by atoms with Crippen LogP contribution in [-0.4, -0.2) is 35.7 Å². The van der Waals surface area contributed by atoms with Crippen molar-refractivity contribution in [2.75, 3.05) is 20.0 Å². The van der Waals surface area contributed by atoms with E-state index >= 15 is 0 Å². The predicted octanol–water partition coefficient (Wildman–Crippen LogP) is 1.90. The third kappa shape index (κ3) is 3.69. The van der Waals surface area contributed by atoms with Crippen molar-refractivity contribution < 1.29 is 13.9 Å². The largest absolute Gasteiger partial charge is 0.376 e. The smallest absolute Gasteiger partial charge is 0.269 e. The molecule has 0 saturated carbocycles. The normalized spacial score (nSPS) is 29.4. The van der Waals surface area contributed by atoms with E-state index in [1.54, 1.807) is 21.1 Å². The molecule has 0 aliphatic heterocycles. The van der Waals surface area contributed by atoms with Gasteiger partial charge < -0.3 is 13.9 Å². The predicted molar refractivity (Wildman–Crippen MR) is 76.0 cm³/mol. The molecule has 2 atom stereocenters. The average molecular weight is 274 g/mol. The van der Waals surface area contributed by atoms with Gasteiger partial charge in [-0.3, -0.25) is 0 Å². The first kappa shape index (κ1) is 15.0. The van der Waals surface area contributed by atoms with Crippen LogP contribution in [0.2, 0.25) is 5.54 Å². The number of allylic oxidation sites excluding steroid dienone is 4. The lowest BCUT2D eigenvalue weighted by Gasteiger charge is -2.36. The Morgan fingerprint density at radius 2 is 2.00 bits per heavy atom. The van der Waals surface area contributed by atoms with Gasteiger partial charge in [0.15, 0.2) is 9.76 Å². The van der Waals surface area contributed by atoms with Crippen molar-refractivity contribution in [3.63, 3.8) is 0 Å². The fourth-order valence-corrected chi connectivity index (χ4v) is 3.91. The Morgan fingerprint density at radius 3 is 2.53 bits per heavy atom. The van der Waals surface area contributed by atoms with Crippen LogP contribution in [-0.2, 0) is 13.9 Å². The Morgan fingerprint density at radius 1 is 1.35 bits per heavy atom. The molecule has 1 rings (SSSR count). The molecule has 1 aliphatic carbocycles. The highest BCUT2D eigenvalue weighted by Crippen LogP contribution is 2.38. The van der Waals surface area contributed by atoms with Crippen molar-refractivity contribution in [1.29, 1.82) is 0 Å². The highest BCUT2D eigenvalue weighted by atomic mass is 32.1. The van der Waals surface area contributed by atoms with Gasteiger partial charge in [-0.15, -0.1) is 0 Å². The van der Waals surface area contributed by atoms with Crippen LogP contribution in [0.4, 0.5) is 0 Å². The maximum atomic E-state index is 5.84. The molecule has 3 nitrogen and oxygen atoms in total. The van der Waals surface area contributed by atoms with Crippen LogP contribution in [0, 0.1) is 5.41 Å². The summed E-state index contributed by atoms with van der Waals surface area (Å²) in [6, 6.07) is 0. The van der Waals surface area contributed by atoms with Crippen molar-refractivity contribution in [2.24, 2.45) is 5.41 Å². The molecule has 0 aromatic heterocycles. The van der Waals surface area contributed by atoms with Crippen LogP contribution in [0.25, 0.3) is 0 Å². The molecule has 0 saturated heterocycles. The van der Waals surface area contributed by atoms with Crippen LogP contribution in [0.1, 0.15) is 13.8 Å². The molecule has 17 heavy (non-hydrogen) atoms. The molecule has 0 heterocycles. The minimum atomic E-state index is -0.918. The molecule has 0 N–H and O–H groups in total. The monoisotopic (exact) mass is 274 g/mol. The summed E-state index contributed by atoms with van der Waals surface area (Å²) in [5.41, 5.74) is 0.488. The van der Waals surface area contributed by atoms with Crippen molar-refractivity contribution in [3.8, 4) is 0 Å². The Labute approximate surface area is 112 Å². The maximum Gasteiger partial charge on any atom is 0.269 e. The third-order valence-electron chi connectivity index (χ3n) is 3.39. The lowest BCUT2D eigenvalue weighted by atomic mass is 9.85. The Balaban J connectivity index is 2.62. The van der Waals surface area contributed by atoms with E-state index in [-0.39, 0.29) is 5.41 Å². The number of rotatable bonds is 6. The molecule has 0 bridgehead atoms. The van der Waals surface area contributed by atoms with Crippen molar-refractivity contribution in [1.82, 2.24) is 0 Å². The maximum absolute atomic E-state index is 5.84. The van der Waals surface area contributed by atoms with Gasteiger partial charge in [-0.2, -0.15) is 12.6 Å². The molecule has 98 valence electrons. The van der Waals surface area contributed by atoms with Crippen LogP contribution >= 0.6 is 12.6 Å². The zero-order valence-corrected chi connectivity index (χ0v) is 13.3. The minimum Gasteiger partial charge on any atom is -0.376 e. The van der Waals surface area contributed by atoms with Gasteiger partial charge in [0.2, 0.25) is 0 Å². The van der Waals surface area contributed by atoms with Gasteiger partial charge in [-0.25, -0.2) is 0 Å². The molecule has 5 heteroatoms. The standard InChI is InChI=1S/C12H22O3SSi/c1-11(9-16)8-6-5-7-10(11)17-15-12(2,13-3)14-4/h5-8,10,16H,9,17H2,1-4H3. The zero-order valence-electron chi connectivity index (χ0n) is 11.0. The molecular weight excluding hydrogens is 252 g/mol. The second-order valence-electron chi connectivity index (χ2n) is 4.60. The summed E-state index contributed by atoms with van der Waals surface area (Å²) in [7, 11) is 2.37. The number of methoxy groups -OCH3 is 2. The van der Waals surface area contributed by atoms with E-state index in [0.717, 1.165) is 5.75 Å². The number of hydrogen-bond acceptors (Lipinski definition) is 4. The van der Waals surface area contributed by atoms with Gasteiger partial charge >= 0.3 is 0 Å². The highest BCUT2D eigenvalue weighted by Gasteiger charge is 2.33. The summed E-state index contributed by atoms with van der Waals surface area (Å²) >= 11 is 4.44. The first-order valence-corrected chi connectivity index (χ1v) is 7.73. The van der Waals surface area contributed by atoms with Gasteiger partial charge in [0.1, 0.15) is 0 Å². The van der Waals surface area contributed by atoms with Crippen LogP contribution in [0.15, 0.2) is 24.3 Å². The van der Waals surface area contributed by atoms with Crippen molar-refractivity contribution >= 4 is 22.4 Å². The average Bonchev–Trinajstić information content (AvgIpc) is 2.37. The topological polar surface area (TPSA) is 27.7 Å². The molecule has 0 amide bonds. The Kier molecular flexibility index (Phi) is 5.46. The summed E-state index contributed by atoms with van der Waals surface area (Å²) in [4.78, 5) is 0. The van der Waals surface area contributed by atoms with E-state index < -0.39 is 15.7 Å². The molecular formula is C12H22O3SSi. The Bertz CT molecular complexity index is 302. The summed E-state index contributed by atoms with van der Waals surface area (Å²) in [5, 5.41) is 0. The van der Waals surface area contributed by atoms with Gasteiger partial charge in [0, 0.05) is 32.1 Å². The number of ether oxygens (including phenoxy) is 2. The van der Waals surface area contributed by atoms with E-state index in [4.69, 9.17) is 13.9 Å². The Hall–Kier alpha value is -0.0731. The molecule has 0 spiro atoms. The molecule has 0 fully saturated rings. The van der Waals surface area contributed by atoms with Crippen molar-refractivity contribution in [2.45, 2.75) is 25.4 Å². The fourth-order valence-electron chi connectivity index (χ4n) is 1.68. The summed E-state index contributed by atoms with van der Waals surface area (Å²) in [5.74, 6) is -0.107. The van der Waals surface area contributed by atoms with Crippen LogP contribution < -0.4 is 0 Å². The quantitative estimate of drug-likeness (QED) is 0.455. The second kappa shape index (κ2) is 6.20. The van der Waals surface area contributed by atoms with E-state index in [0.29, 0.717) is 5.54 Å². The first-order chi connectivity index (χ1) is 7.99. The van der Waals surface area contributed by atoms with Gasteiger partial charge in [-0.05, 0) is 5.75 Å². The summed E-state index contributed by atoms with van der Waals surface area (Å²) in [6.07, 6.45) is 8.56. The number of hydrogen-bond donors (Lipinski definition) is 1. The first-order valence-electron chi connectivity index (χ1n) is 5.71. The van der Waals surface area contributed by atoms with Crippen LogP contribution in [0.5, 0.6) is 0 Å². The fraction of sp³-hybridized carbons (Fsp3) is 0.667. The van der Waals surface area contributed by atoms with E-state index in [2.05, 4.69) is 43.9 Å². The van der Waals surface area contributed by atoms with Gasteiger partial charge in [-0.1, -0.05) is 31.2 Å². The molecule has 1 aliphatic rings. The van der Waals surface area contributed by atoms with Gasteiger partial charge in [0.05, 0.1) is 0 Å².